The minimum absolute atomic E-state index is 0.248. The van der Waals surface area contributed by atoms with E-state index in [9.17, 15) is 20.0 Å². The van der Waals surface area contributed by atoms with Crippen molar-refractivity contribution in [1.29, 1.82) is 5.26 Å². The predicted octanol–water partition coefficient (Wildman–Crippen LogP) is 1.89. The SMILES string of the molecule is Cc1c(C(=O)NN=Cc2ccc(O)c([N+](=O)[O-])c2)sc(N)c1C#N. The summed E-state index contributed by atoms with van der Waals surface area (Å²) < 4.78 is 0. The molecule has 10 heteroatoms. The number of nitriles is 1. The third-order valence-electron chi connectivity index (χ3n) is 3.07. The van der Waals surface area contributed by atoms with E-state index in [4.69, 9.17) is 11.0 Å². The Hall–Kier alpha value is -3.45. The summed E-state index contributed by atoms with van der Waals surface area (Å²) in [5, 5.41) is 33.0. The quantitative estimate of drug-likeness (QED) is 0.436. The van der Waals surface area contributed by atoms with Gasteiger partial charge in [0.2, 0.25) is 0 Å². The fourth-order valence-corrected chi connectivity index (χ4v) is 2.79. The molecule has 9 nitrogen and oxygen atoms in total. The lowest BCUT2D eigenvalue weighted by atomic mass is 10.2. The number of nitrogen functional groups attached to an aromatic ring is 1. The van der Waals surface area contributed by atoms with Crippen LogP contribution in [0.2, 0.25) is 0 Å². The summed E-state index contributed by atoms with van der Waals surface area (Å²) >= 11 is 0.975. The van der Waals surface area contributed by atoms with E-state index < -0.39 is 22.3 Å². The van der Waals surface area contributed by atoms with E-state index in [1.807, 2.05) is 6.07 Å². The molecule has 1 aromatic heterocycles. The van der Waals surface area contributed by atoms with Gasteiger partial charge in [-0.05, 0) is 24.6 Å². The Bertz CT molecular complexity index is 897. The number of thiophene rings is 1. The van der Waals surface area contributed by atoms with Crippen LogP contribution in [0.3, 0.4) is 0 Å². The maximum Gasteiger partial charge on any atom is 0.311 e. The lowest BCUT2D eigenvalue weighted by molar-refractivity contribution is -0.385. The molecule has 0 fully saturated rings. The number of benzene rings is 1. The van der Waals surface area contributed by atoms with E-state index >= 15 is 0 Å². The first kappa shape index (κ1) is 16.9. The summed E-state index contributed by atoms with van der Waals surface area (Å²) in [5.41, 5.74) is 8.49. The Kier molecular flexibility index (Phi) is 4.76. The molecule has 24 heavy (non-hydrogen) atoms. The fourth-order valence-electron chi connectivity index (χ4n) is 1.87. The molecule has 2 rings (SSSR count). The number of phenolic OH excluding ortho intramolecular Hbond substituents is 1. The van der Waals surface area contributed by atoms with Gasteiger partial charge in [-0.2, -0.15) is 10.4 Å². The average Bonchev–Trinajstić information content (AvgIpc) is 2.82. The van der Waals surface area contributed by atoms with Crippen molar-refractivity contribution in [2.45, 2.75) is 6.92 Å². The van der Waals surface area contributed by atoms with Crippen LogP contribution in [-0.2, 0) is 0 Å². The van der Waals surface area contributed by atoms with Crippen molar-refractivity contribution in [3.63, 3.8) is 0 Å². The average molecular weight is 345 g/mol. The van der Waals surface area contributed by atoms with E-state index in [0.717, 1.165) is 23.5 Å². The topological polar surface area (TPSA) is 155 Å². The number of aromatic hydroxyl groups is 1. The number of hydrazone groups is 1. The Balaban J connectivity index is 2.15. The molecule has 0 spiro atoms. The van der Waals surface area contributed by atoms with Crippen molar-refractivity contribution in [3.05, 3.63) is 49.9 Å². The summed E-state index contributed by atoms with van der Waals surface area (Å²) in [6, 6.07) is 5.60. The molecule has 4 N–H and O–H groups in total. The van der Waals surface area contributed by atoms with Crippen molar-refractivity contribution in [2.75, 3.05) is 5.73 Å². The number of amides is 1. The Morgan fingerprint density at radius 3 is 2.88 bits per heavy atom. The highest BCUT2D eigenvalue weighted by atomic mass is 32.1. The highest BCUT2D eigenvalue weighted by molar-refractivity contribution is 7.18. The van der Waals surface area contributed by atoms with Gasteiger partial charge in [-0.25, -0.2) is 5.43 Å². The zero-order valence-corrected chi connectivity index (χ0v) is 13.1. The molecule has 1 heterocycles. The number of phenols is 1. The highest BCUT2D eigenvalue weighted by Crippen LogP contribution is 2.29. The van der Waals surface area contributed by atoms with Crippen molar-refractivity contribution in [3.8, 4) is 11.8 Å². The van der Waals surface area contributed by atoms with E-state index in [-0.39, 0.29) is 15.4 Å². The first-order chi connectivity index (χ1) is 11.3. The number of hydrogen-bond acceptors (Lipinski definition) is 8. The smallest absolute Gasteiger partial charge is 0.311 e. The van der Waals surface area contributed by atoms with Gasteiger partial charge in [-0.15, -0.1) is 11.3 Å². The predicted molar refractivity (Wildman–Crippen MR) is 88.0 cm³/mol. The monoisotopic (exact) mass is 345 g/mol. The fraction of sp³-hybridized carbons (Fsp3) is 0.0714. The van der Waals surface area contributed by atoms with E-state index in [0.29, 0.717) is 11.1 Å². The Morgan fingerprint density at radius 2 is 2.29 bits per heavy atom. The molecule has 0 atom stereocenters. The number of nitrogens with one attached hydrogen (secondary N) is 1. The number of rotatable bonds is 4. The molecular formula is C14H11N5O4S. The lowest BCUT2D eigenvalue weighted by Gasteiger charge is -1.99. The minimum Gasteiger partial charge on any atom is -0.502 e. The summed E-state index contributed by atoms with van der Waals surface area (Å²) in [5.74, 6) is -1.01. The number of nitro benzene ring substituents is 1. The molecule has 0 unspecified atom stereocenters. The lowest BCUT2D eigenvalue weighted by Crippen LogP contribution is -2.17. The Morgan fingerprint density at radius 1 is 1.58 bits per heavy atom. The number of nitrogens with two attached hydrogens (primary N) is 1. The van der Waals surface area contributed by atoms with Gasteiger partial charge >= 0.3 is 5.69 Å². The van der Waals surface area contributed by atoms with Crippen LogP contribution in [0.1, 0.15) is 26.4 Å². The number of hydrogen-bond donors (Lipinski definition) is 3. The molecule has 2 aromatic rings. The molecular weight excluding hydrogens is 334 g/mol. The molecule has 0 aliphatic rings. The van der Waals surface area contributed by atoms with Gasteiger partial charge in [-0.1, -0.05) is 0 Å². The van der Waals surface area contributed by atoms with Gasteiger partial charge < -0.3 is 10.8 Å². The zero-order valence-electron chi connectivity index (χ0n) is 12.3. The van der Waals surface area contributed by atoms with Crippen LogP contribution in [0, 0.1) is 28.4 Å². The largest absolute Gasteiger partial charge is 0.502 e. The van der Waals surface area contributed by atoms with Gasteiger partial charge in [0, 0.05) is 11.6 Å². The molecule has 0 aliphatic heterocycles. The first-order valence-corrected chi connectivity index (χ1v) is 7.26. The zero-order chi connectivity index (χ0) is 17.9. The second-order valence-corrected chi connectivity index (χ2v) is 5.66. The third-order valence-corrected chi connectivity index (χ3v) is 4.19. The molecule has 0 bridgehead atoms. The van der Waals surface area contributed by atoms with Gasteiger partial charge in [0.1, 0.15) is 15.9 Å². The standard InChI is InChI=1S/C14H11N5O4S/c1-7-9(5-15)13(16)24-12(7)14(21)18-17-6-8-2-3-11(20)10(4-8)19(22)23/h2-4,6,20H,16H2,1H3,(H,18,21). The minimum atomic E-state index is -0.730. The maximum absolute atomic E-state index is 12.0. The molecule has 0 saturated heterocycles. The van der Waals surface area contributed by atoms with Crippen LogP contribution in [0.5, 0.6) is 5.75 Å². The van der Waals surface area contributed by atoms with Gasteiger partial charge in [0.25, 0.3) is 5.91 Å². The highest BCUT2D eigenvalue weighted by Gasteiger charge is 2.18. The molecule has 0 aliphatic carbocycles. The molecule has 1 amide bonds. The van der Waals surface area contributed by atoms with Gasteiger partial charge in [-0.3, -0.25) is 14.9 Å². The van der Waals surface area contributed by atoms with Crippen LogP contribution in [-0.4, -0.2) is 22.2 Å². The van der Waals surface area contributed by atoms with E-state index in [1.54, 1.807) is 6.92 Å². The second kappa shape index (κ2) is 6.76. The molecule has 1 aromatic carbocycles. The number of carbonyl (C=O) groups is 1. The van der Waals surface area contributed by atoms with Gasteiger partial charge in [0.05, 0.1) is 16.7 Å². The Labute approximate surface area is 139 Å². The summed E-state index contributed by atoms with van der Waals surface area (Å²) in [7, 11) is 0. The van der Waals surface area contributed by atoms with E-state index in [1.165, 1.54) is 12.3 Å². The van der Waals surface area contributed by atoms with Crippen molar-refractivity contribution in [1.82, 2.24) is 5.43 Å². The number of carbonyl (C=O) groups excluding carboxylic acids is 1. The van der Waals surface area contributed by atoms with E-state index in [2.05, 4.69) is 10.5 Å². The summed E-state index contributed by atoms with van der Waals surface area (Å²) in [6.45, 7) is 1.60. The molecule has 0 saturated carbocycles. The van der Waals surface area contributed by atoms with Crippen LogP contribution in [0.25, 0.3) is 0 Å². The molecule has 122 valence electrons. The first-order valence-electron chi connectivity index (χ1n) is 6.45. The van der Waals surface area contributed by atoms with Crippen molar-refractivity contribution < 1.29 is 14.8 Å². The normalized spacial score (nSPS) is 10.5. The number of nitro groups is 1. The maximum atomic E-state index is 12.0. The molecule has 0 radical (unpaired) electrons. The number of anilines is 1. The second-order valence-electron chi connectivity index (χ2n) is 4.61. The number of nitrogens with zero attached hydrogens (tertiary/aromatic N) is 3. The van der Waals surface area contributed by atoms with Crippen LogP contribution >= 0.6 is 11.3 Å². The van der Waals surface area contributed by atoms with Crippen LogP contribution in [0.15, 0.2) is 23.3 Å². The van der Waals surface area contributed by atoms with Crippen molar-refractivity contribution in [2.24, 2.45) is 5.10 Å². The van der Waals surface area contributed by atoms with Gasteiger partial charge in [0.15, 0.2) is 5.75 Å². The van der Waals surface area contributed by atoms with Crippen LogP contribution < -0.4 is 11.2 Å². The summed E-state index contributed by atoms with van der Waals surface area (Å²) in [4.78, 5) is 22.3. The third kappa shape index (κ3) is 3.31. The van der Waals surface area contributed by atoms with Crippen LogP contribution in [0.4, 0.5) is 10.7 Å². The van der Waals surface area contributed by atoms with Crippen molar-refractivity contribution >= 4 is 34.1 Å². The summed E-state index contributed by atoms with van der Waals surface area (Å²) in [6.07, 6.45) is 1.20.